The molecule has 0 saturated carbocycles. The van der Waals surface area contributed by atoms with Gasteiger partial charge in [0, 0.05) is 47.2 Å². The monoisotopic (exact) mass is 597 g/mol. The lowest BCUT2D eigenvalue weighted by atomic mass is 10.0. The van der Waals surface area contributed by atoms with E-state index in [1.807, 2.05) is 4.90 Å². The normalized spacial score (nSPS) is 13.2. The van der Waals surface area contributed by atoms with E-state index in [1.54, 1.807) is 66.4 Å². The summed E-state index contributed by atoms with van der Waals surface area (Å²) in [6.07, 6.45) is 0. The van der Waals surface area contributed by atoms with Crippen LogP contribution in [0.2, 0.25) is 10.0 Å². The van der Waals surface area contributed by atoms with E-state index in [1.165, 1.54) is 16.7 Å². The van der Waals surface area contributed by atoms with Gasteiger partial charge in [0.2, 0.25) is 0 Å². The zero-order valence-corrected chi connectivity index (χ0v) is 23.2. The highest BCUT2D eigenvalue weighted by Crippen LogP contribution is 2.33. The van der Waals surface area contributed by atoms with Crippen molar-refractivity contribution in [1.82, 2.24) is 9.47 Å². The molecule has 10 heteroatoms. The molecule has 0 N–H and O–H groups in total. The quantitative estimate of drug-likeness (QED) is 0.245. The van der Waals surface area contributed by atoms with Crippen LogP contribution in [0.15, 0.2) is 71.5 Å². The number of aromatic nitrogens is 1. The van der Waals surface area contributed by atoms with Crippen LogP contribution in [0.1, 0.15) is 40.6 Å². The van der Waals surface area contributed by atoms with Crippen LogP contribution in [0.3, 0.4) is 0 Å². The van der Waals surface area contributed by atoms with Gasteiger partial charge in [0.1, 0.15) is 11.4 Å². The Morgan fingerprint density at radius 2 is 1.54 bits per heavy atom. The first-order valence-corrected chi connectivity index (χ1v) is 13.6. The highest BCUT2D eigenvalue weighted by atomic mass is 35.5. The van der Waals surface area contributed by atoms with E-state index in [0.717, 1.165) is 0 Å². The number of anilines is 1. The van der Waals surface area contributed by atoms with Crippen molar-refractivity contribution >= 4 is 51.7 Å². The maximum Gasteiger partial charge on any atom is 0.345 e. The van der Waals surface area contributed by atoms with Gasteiger partial charge in [0.15, 0.2) is 0 Å². The molecule has 0 unspecified atom stereocenters. The van der Waals surface area contributed by atoms with E-state index >= 15 is 0 Å². The topological polar surface area (TPSA) is 71.8 Å². The zero-order valence-electron chi connectivity index (χ0n) is 21.7. The average Bonchev–Trinajstić information content (AvgIpc) is 2.95. The van der Waals surface area contributed by atoms with Crippen LogP contribution in [0.4, 0.5) is 10.1 Å². The number of amides is 1. The van der Waals surface area contributed by atoms with Crippen LogP contribution < -0.4 is 10.5 Å². The molecule has 1 aromatic heterocycles. The Balaban J connectivity index is 0.00000387. The van der Waals surface area contributed by atoms with Crippen LogP contribution in [0.25, 0.3) is 10.9 Å². The number of hydrogen-bond donors (Lipinski definition) is 0. The number of ether oxygens (including phenoxy) is 1. The summed E-state index contributed by atoms with van der Waals surface area (Å²) < 4.78 is 20.3. The standard InChI is InChI=1S/C30H26Cl2FN3O4.CH4/c1-2-40-30(39)26-27(34-13-15-35(16-14-34)28(37)20-5-7-21(31)8-6-20)24-17-22(32)9-12-25(24)36(29(26)38)18-19-3-10-23(33)11-4-19;/h3-12,17H,2,13-16,18H2,1H3;1H4. The van der Waals surface area contributed by atoms with Gasteiger partial charge in [-0.05, 0) is 67.1 Å². The molecule has 0 aliphatic carbocycles. The van der Waals surface area contributed by atoms with E-state index in [4.69, 9.17) is 27.9 Å². The second-order valence-corrected chi connectivity index (χ2v) is 10.3. The maximum absolute atomic E-state index is 14.0. The number of pyridine rings is 1. The molecule has 3 aromatic carbocycles. The second kappa shape index (κ2) is 12.7. The Labute approximate surface area is 247 Å². The van der Waals surface area contributed by atoms with Gasteiger partial charge in [-0.1, -0.05) is 42.8 Å². The van der Waals surface area contributed by atoms with Crippen LogP contribution in [0.5, 0.6) is 0 Å². The molecule has 0 spiro atoms. The number of benzene rings is 3. The number of esters is 1. The molecular weight excluding hydrogens is 568 g/mol. The smallest absolute Gasteiger partial charge is 0.345 e. The minimum absolute atomic E-state index is 0. The van der Waals surface area contributed by atoms with Gasteiger partial charge >= 0.3 is 5.97 Å². The molecule has 5 rings (SSSR count). The molecule has 4 aromatic rings. The number of nitrogens with zero attached hydrogens (tertiary/aromatic N) is 3. The summed E-state index contributed by atoms with van der Waals surface area (Å²) in [6.45, 7) is 3.41. The predicted molar refractivity (Wildman–Crippen MR) is 161 cm³/mol. The van der Waals surface area contributed by atoms with Crippen molar-refractivity contribution in [2.45, 2.75) is 20.9 Å². The Morgan fingerprint density at radius 3 is 2.17 bits per heavy atom. The van der Waals surface area contributed by atoms with Gasteiger partial charge in [-0.25, -0.2) is 9.18 Å². The number of piperazine rings is 1. The zero-order chi connectivity index (χ0) is 28.4. The lowest BCUT2D eigenvalue weighted by Gasteiger charge is -2.37. The first kappa shape index (κ1) is 30.1. The minimum Gasteiger partial charge on any atom is -0.462 e. The summed E-state index contributed by atoms with van der Waals surface area (Å²) in [5, 5.41) is 1.59. The van der Waals surface area contributed by atoms with E-state index in [-0.39, 0.29) is 37.9 Å². The van der Waals surface area contributed by atoms with Crippen LogP contribution >= 0.6 is 23.2 Å². The van der Waals surface area contributed by atoms with Crippen LogP contribution in [-0.2, 0) is 11.3 Å². The van der Waals surface area contributed by atoms with Gasteiger partial charge in [-0.15, -0.1) is 0 Å². The number of carbonyl (C=O) groups excluding carboxylic acids is 2. The first-order chi connectivity index (χ1) is 19.3. The molecule has 0 bridgehead atoms. The molecule has 41 heavy (non-hydrogen) atoms. The van der Waals surface area contributed by atoms with Crippen LogP contribution in [-0.4, -0.2) is 54.1 Å². The molecule has 1 saturated heterocycles. The molecule has 1 fully saturated rings. The number of carbonyl (C=O) groups is 2. The van der Waals surface area contributed by atoms with Gasteiger partial charge in [-0.3, -0.25) is 9.59 Å². The highest BCUT2D eigenvalue weighted by molar-refractivity contribution is 6.31. The molecular formula is C31H30Cl2FN3O4. The number of halogens is 3. The average molecular weight is 599 g/mol. The molecule has 1 amide bonds. The van der Waals surface area contributed by atoms with Gasteiger partial charge in [0.05, 0.1) is 24.4 Å². The first-order valence-electron chi connectivity index (χ1n) is 12.8. The van der Waals surface area contributed by atoms with Crippen molar-refractivity contribution in [2.24, 2.45) is 0 Å². The van der Waals surface area contributed by atoms with Crippen LogP contribution in [0, 0.1) is 5.82 Å². The second-order valence-electron chi connectivity index (χ2n) is 9.41. The predicted octanol–water partition coefficient (Wildman–Crippen LogP) is 6.27. The Hall–Kier alpha value is -3.88. The SMILES string of the molecule is C.CCOC(=O)c1c(N2CCN(C(=O)c3ccc(Cl)cc3)CC2)c2cc(Cl)ccc2n(Cc2ccc(F)cc2)c1=O. The molecule has 1 aliphatic heterocycles. The fourth-order valence-corrected chi connectivity index (χ4v) is 5.26. The Morgan fingerprint density at radius 1 is 0.902 bits per heavy atom. The molecule has 214 valence electrons. The Bertz CT molecular complexity index is 1630. The summed E-state index contributed by atoms with van der Waals surface area (Å²) in [5.41, 5.74) is 1.60. The van der Waals surface area contributed by atoms with Crippen molar-refractivity contribution in [2.75, 3.05) is 37.7 Å². The summed E-state index contributed by atoms with van der Waals surface area (Å²) in [4.78, 5) is 44.0. The van der Waals surface area contributed by atoms with E-state index < -0.39 is 11.5 Å². The van der Waals surface area contributed by atoms with E-state index in [9.17, 15) is 18.8 Å². The van der Waals surface area contributed by atoms with Crippen molar-refractivity contribution in [3.8, 4) is 0 Å². The highest BCUT2D eigenvalue weighted by Gasteiger charge is 2.30. The van der Waals surface area contributed by atoms with E-state index in [0.29, 0.717) is 63.9 Å². The van der Waals surface area contributed by atoms with Gasteiger partial charge in [0.25, 0.3) is 11.5 Å². The third kappa shape index (κ3) is 6.24. The molecule has 1 aliphatic rings. The minimum atomic E-state index is -0.739. The summed E-state index contributed by atoms with van der Waals surface area (Å²) in [6, 6.07) is 17.7. The molecule has 0 radical (unpaired) electrons. The van der Waals surface area contributed by atoms with Gasteiger partial charge < -0.3 is 19.1 Å². The largest absolute Gasteiger partial charge is 0.462 e. The number of rotatable bonds is 6. The molecule has 0 atom stereocenters. The lowest BCUT2D eigenvalue weighted by molar-refractivity contribution is 0.0523. The summed E-state index contributed by atoms with van der Waals surface area (Å²) in [7, 11) is 0. The van der Waals surface area contributed by atoms with Crippen molar-refractivity contribution in [3.63, 3.8) is 0 Å². The number of fused-ring (bicyclic) bond motifs is 1. The lowest BCUT2D eigenvalue weighted by Crippen LogP contribution is -2.49. The summed E-state index contributed by atoms with van der Waals surface area (Å²) >= 11 is 12.4. The Kier molecular flexibility index (Phi) is 9.35. The van der Waals surface area contributed by atoms with Gasteiger partial charge in [-0.2, -0.15) is 0 Å². The van der Waals surface area contributed by atoms with Crippen molar-refractivity contribution < 1.29 is 18.7 Å². The fourth-order valence-electron chi connectivity index (χ4n) is 4.97. The van der Waals surface area contributed by atoms with Crippen molar-refractivity contribution in [1.29, 1.82) is 0 Å². The molecule has 7 nitrogen and oxygen atoms in total. The van der Waals surface area contributed by atoms with E-state index in [2.05, 4.69) is 0 Å². The third-order valence-corrected chi connectivity index (χ3v) is 7.40. The third-order valence-electron chi connectivity index (χ3n) is 6.91. The van der Waals surface area contributed by atoms with Crippen molar-refractivity contribution in [3.05, 3.63) is 110 Å². The maximum atomic E-state index is 14.0. The fraction of sp³-hybridized carbons (Fsp3) is 0.258. The number of hydrogen-bond acceptors (Lipinski definition) is 5. The summed E-state index contributed by atoms with van der Waals surface area (Å²) in [5.74, 6) is -1.24. The molecule has 2 heterocycles.